The SMILES string of the molecule is Brc1cccnc1.Brc1cccnc1.Cc1cc(C)c(N2C=CN(c3c(C)cc(C)cc3C)[CH-]2)c(C)c1.[Cl][Ru]([Cl])=[CH]c1ccccc1. The van der Waals surface area contributed by atoms with Gasteiger partial charge in [-0.05, 0) is 132 Å². The van der Waals surface area contributed by atoms with Crippen molar-refractivity contribution >= 4 is 67.2 Å². The van der Waals surface area contributed by atoms with Crippen LogP contribution in [0.5, 0.6) is 0 Å². The van der Waals surface area contributed by atoms with Gasteiger partial charge in [-0.15, -0.1) is 6.67 Å². The van der Waals surface area contributed by atoms with Gasteiger partial charge in [0, 0.05) is 45.1 Å². The molecule has 0 amide bonds. The summed E-state index contributed by atoms with van der Waals surface area (Å²) >= 11 is 4.88. The molecule has 1 aliphatic heterocycles. The molecule has 2 aromatic heterocycles. The van der Waals surface area contributed by atoms with Crippen LogP contribution in [-0.4, -0.2) is 14.6 Å². The number of benzene rings is 3. The Morgan fingerprint density at radius 3 is 1.32 bits per heavy atom. The molecule has 0 fully saturated rings. The van der Waals surface area contributed by atoms with Crippen LogP contribution in [0.1, 0.15) is 38.9 Å². The first-order valence-electron chi connectivity index (χ1n) is 14.7. The molecule has 0 saturated carbocycles. The number of aromatic nitrogens is 2. The van der Waals surface area contributed by atoms with Gasteiger partial charge in [-0.25, -0.2) is 0 Å². The Hall–Kier alpha value is -2.67. The van der Waals surface area contributed by atoms with Crippen LogP contribution in [0, 0.1) is 48.2 Å². The Bertz CT molecular complexity index is 1620. The summed E-state index contributed by atoms with van der Waals surface area (Å²) < 4.78 is 3.97. The van der Waals surface area contributed by atoms with Gasteiger partial charge in [0.15, 0.2) is 0 Å². The topological polar surface area (TPSA) is 32.3 Å². The van der Waals surface area contributed by atoms with Crippen molar-refractivity contribution in [3.63, 3.8) is 0 Å². The van der Waals surface area contributed by atoms with Gasteiger partial charge in [0.1, 0.15) is 0 Å². The van der Waals surface area contributed by atoms with Crippen LogP contribution in [0.25, 0.3) is 0 Å². The Kier molecular flexibility index (Phi) is 16.5. The molecular formula is C38H39Br2Cl2N4Ru-. The van der Waals surface area contributed by atoms with Gasteiger partial charge in [0.05, 0.1) is 0 Å². The monoisotopic (exact) mass is 881 g/mol. The van der Waals surface area contributed by atoms with Gasteiger partial charge in [-0.2, -0.15) is 0 Å². The molecular weight excluding hydrogens is 844 g/mol. The van der Waals surface area contributed by atoms with Crippen LogP contribution in [0.4, 0.5) is 11.4 Å². The molecule has 0 unspecified atom stereocenters. The minimum absolute atomic E-state index is 1.02. The molecule has 0 aliphatic carbocycles. The van der Waals surface area contributed by atoms with Gasteiger partial charge >= 0.3 is 73.4 Å². The van der Waals surface area contributed by atoms with E-state index in [4.69, 9.17) is 19.4 Å². The van der Waals surface area contributed by atoms with Crippen molar-refractivity contribution in [3.05, 3.63) is 171 Å². The summed E-state index contributed by atoms with van der Waals surface area (Å²) in [6.45, 7) is 15.2. The number of hydrogen-bond acceptors (Lipinski definition) is 4. The summed E-state index contributed by atoms with van der Waals surface area (Å²) in [4.78, 5) is 12.1. The molecule has 9 heteroatoms. The van der Waals surface area contributed by atoms with Crippen LogP contribution < -0.4 is 9.80 Å². The predicted octanol–water partition coefficient (Wildman–Crippen LogP) is 11.9. The third-order valence-corrected chi connectivity index (χ3v) is 9.48. The van der Waals surface area contributed by atoms with Crippen molar-refractivity contribution in [2.75, 3.05) is 9.80 Å². The van der Waals surface area contributed by atoms with Crippen LogP contribution in [0.2, 0.25) is 0 Å². The fourth-order valence-electron chi connectivity index (χ4n) is 5.07. The van der Waals surface area contributed by atoms with E-state index in [2.05, 4.69) is 137 Å². The Morgan fingerprint density at radius 2 is 1.02 bits per heavy atom. The molecule has 0 spiro atoms. The van der Waals surface area contributed by atoms with Crippen molar-refractivity contribution in [2.45, 2.75) is 41.5 Å². The van der Waals surface area contributed by atoms with E-state index in [1.807, 2.05) is 59.2 Å². The van der Waals surface area contributed by atoms with Crippen LogP contribution >= 0.6 is 51.2 Å². The van der Waals surface area contributed by atoms with E-state index < -0.39 is 13.5 Å². The van der Waals surface area contributed by atoms with E-state index in [0.717, 1.165) is 14.5 Å². The van der Waals surface area contributed by atoms with Crippen LogP contribution in [0.3, 0.4) is 0 Å². The summed E-state index contributed by atoms with van der Waals surface area (Å²) in [5.74, 6) is 0. The molecule has 3 heterocycles. The molecule has 0 bridgehead atoms. The number of nitrogens with zero attached hydrogens (tertiary/aromatic N) is 4. The predicted molar refractivity (Wildman–Crippen MR) is 207 cm³/mol. The summed E-state index contributed by atoms with van der Waals surface area (Å²) in [7, 11) is 11.3. The number of anilines is 2. The maximum absolute atomic E-state index is 5.67. The fraction of sp³-hybridized carbons (Fsp3) is 0.158. The molecule has 4 nitrogen and oxygen atoms in total. The van der Waals surface area contributed by atoms with Crippen molar-refractivity contribution in [2.24, 2.45) is 0 Å². The van der Waals surface area contributed by atoms with E-state index in [9.17, 15) is 0 Å². The zero-order valence-electron chi connectivity index (χ0n) is 27.3. The van der Waals surface area contributed by atoms with Gasteiger partial charge in [0.25, 0.3) is 0 Å². The summed E-state index contributed by atoms with van der Waals surface area (Å²) in [6.07, 6.45) is 11.3. The van der Waals surface area contributed by atoms with E-state index in [1.54, 1.807) is 24.8 Å². The first-order chi connectivity index (χ1) is 22.4. The molecule has 0 radical (unpaired) electrons. The Morgan fingerprint density at radius 1 is 0.617 bits per heavy atom. The molecule has 6 rings (SSSR count). The van der Waals surface area contributed by atoms with E-state index >= 15 is 0 Å². The average Bonchev–Trinajstić information content (AvgIpc) is 3.47. The molecule has 0 N–H and O–H groups in total. The van der Waals surface area contributed by atoms with E-state index in [-0.39, 0.29) is 0 Å². The Balaban J connectivity index is 0.000000204. The second-order valence-corrected chi connectivity index (χ2v) is 18.3. The number of halogens is 4. The average molecular weight is 884 g/mol. The van der Waals surface area contributed by atoms with Gasteiger partial charge in [0.2, 0.25) is 0 Å². The zero-order chi connectivity index (χ0) is 34.3. The van der Waals surface area contributed by atoms with Gasteiger partial charge < -0.3 is 9.80 Å². The molecule has 3 aromatic carbocycles. The normalized spacial score (nSPS) is 11.7. The minimum atomic E-state index is -1.61. The molecule has 0 saturated heterocycles. The number of rotatable bonds is 3. The van der Waals surface area contributed by atoms with Crippen molar-refractivity contribution < 1.29 is 13.5 Å². The first-order valence-corrected chi connectivity index (χ1v) is 21.8. The third kappa shape index (κ3) is 13.4. The quantitative estimate of drug-likeness (QED) is 0.133. The molecule has 0 atom stereocenters. The molecule has 5 aromatic rings. The number of aryl methyl sites for hydroxylation is 6. The van der Waals surface area contributed by atoms with Crippen molar-refractivity contribution in [1.29, 1.82) is 0 Å². The number of pyridine rings is 2. The third-order valence-electron chi connectivity index (χ3n) is 6.67. The van der Waals surface area contributed by atoms with Gasteiger partial charge in [-0.1, -0.05) is 35.4 Å². The van der Waals surface area contributed by atoms with Crippen molar-refractivity contribution in [1.82, 2.24) is 9.97 Å². The number of hydrogen-bond donors (Lipinski definition) is 0. The van der Waals surface area contributed by atoms with Crippen molar-refractivity contribution in [3.8, 4) is 0 Å². The van der Waals surface area contributed by atoms with Gasteiger partial charge in [-0.3, -0.25) is 9.97 Å². The van der Waals surface area contributed by atoms with Crippen LogP contribution in [0.15, 0.2) is 125 Å². The summed E-state index contributed by atoms with van der Waals surface area (Å²) in [5.41, 5.74) is 11.5. The second kappa shape index (κ2) is 20.0. The summed E-state index contributed by atoms with van der Waals surface area (Å²) in [6, 6.07) is 26.5. The van der Waals surface area contributed by atoms with Crippen LogP contribution in [-0.2, 0) is 13.5 Å². The molecule has 248 valence electrons. The molecule has 47 heavy (non-hydrogen) atoms. The maximum atomic E-state index is 5.67. The first kappa shape index (κ1) is 38.8. The Labute approximate surface area is 310 Å². The standard InChI is InChI=1S/C21H25N2.C7H6.2C5H4BrN.2ClH.Ru/c1-14-9-16(3)20(17(4)10-14)22-7-8-23(13-22)21-18(5)11-15(2)12-19(21)6;1-7-5-3-2-4-6-7;2*6-5-2-1-3-7-4-5;;;/h7-13H,1-6H3;1-6H;2*1-4H;2*1H;/q-1;;;;;;+2/p-2. The van der Waals surface area contributed by atoms with E-state index in [1.165, 1.54) is 44.8 Å². The molecule has 1 aliphatic rings. The fourth-order valence-corrected chi connectivity index (χ4v) is 7.44. The van der Waals surface area contributed by atoms with E-state index in [0.29, 0.717) is 0 Å². The second-order valence-electron chi connectivity index (χ2n) is 10.8. The summed E-state index contributed by atoms with van der Waals surface area (Å²) in [5, 5.41) is 0. The zero-order valence-corrected chi connectivity index (χ0v) is 33.7.